The van der Waals surface area contributed by atoms with E-state index in [1.54, 1.807) is 0 Å². The Balaban J connectivity index is 1.32. The minimum Gasteiger partial charge on any atom is -0.450 e. The van der Waals surface area contributed by atoms with Crippen LogP contribution in [0, 0.1) is 0 Å². The van der Waals surface area contributed by atoms with Gasteiger partial charge in [0.25, 0.3) is 0 Å². The fourth-order valence-corrected chi connectivity index (χ4v) is 4.68. The van der Waals surface area contributed by atoms with E-state index in [1.165, 1.54) is 0 Å². The van der Waals surface area contributed by atoms with Gasteiger partial charge in [0.05, 0.1) is 12.0 Å². The third-order valence-electron chi connectivity index (χ3n) is 6.17. The van der Waals surface area contributed by atoms with Gasteiger partial charge in [0.1, 0.15) is 5.60 Å². The maximum Gasteiger partial charge on any atom is 0.339 e. The summed E-state index contributed by atoms with van der Waals surface area (Å²) in [5, 5.41) is 1.13. The summed E-state index contributed by atoms with van der Waals surface area (Å²) in [7, 11) is 2.01. The van der Waals surface area contributed by atoms with Crippen molar-refractivity contribution in [2.24, 2.45) is 7.05 Å². The van der Waals surface area contributed by atoms with Crippen LogP contribution in [0.4, 0.5) is 0 Å². The molecule has 1 spiro atoms. The number of hydrogen-bond donors (Lipinski definition) is 0. The highest BCUT2D eigenvalue weighted by Gasteiger charge is 2.47. The third-order valence-corrected chi connectivity index (χ3v) is 6.17. The van der Waals surface area contributed by atoms with Gasteiger partial charge < -0.3 is 14.2 Å². The Hall–Kier alpha value is -3.08. The molecular formula is C23H22N2O3. The number of ether oxygens (including phenoxy) is 1. The van der Waals surface area contributed by atoms with Crippen LogP contribution >= 0.6 is 0 Å². The number of amides is 1. The predicted molar refractivity (Wildman–Crippen MR) is 106 cm³/mol. The van der Waals surface area contributed by atoms with Gasteiger partial charge in [-0.25, -0.2) is 4.79 Å². The van der Waals surface area contributed by atoms with Crippen LogP contribution in [0.15, 0.2) is 54.7 Å². The number of para-hydroxylation sites is 1. The lowest BCUT2D eigenvalue weighted by atomic mass is 9.83. The molecule has 0 saturated carbocycles. The largest absolute Gasteiger partial charge is 0.450 e. The van der Waals surface area contributed by atoms with Gasteiger partial charge in [-0.15, -0.1) is 0 Å². The summed E-state index contributed by atoms with van der Waals surface area (Å²) in [4.78, 5) is 27.1. The second-order valence-electron chi connectivity index (χ2n) is 7.77. The number of benzene rings is 2. The second-order valence-corrected chi connectivity index (χ2v) is 7.77. The van der Waals surface area contributed by atoms with Gasteiger partial charge in [0, 0.05) is 55.6 Å². The first-order valence-electron chi connectivity index (χ1n) is 9.71. The molecule has 3 aromatic rings. The number of rotatable bonds is 2. The fraction of sp³-hybridized carbons (Fsp3) is 0.304. The lowest BCUT2D eigenvalue weighted by Crippen LogP contribution is -2.45. The molecule has 5 rings (SSSR count). The molecule has 2 aliphatic heterocycles. The van der Waals surface area contributed by atoms with Crippen molar-refractivity contribution in [1.29, 1.82) is 0 Å². The van der Waals surface area contributed by atoms with E-state index in [0.29, 0.717) is 37.9 Å². The average Bonchev–Trinajstić information content (AvgIpc) is 3.18. The Morgan fingerprint density at radius 3 is 2.61 bits per heavy atom. The number of hydrogen-bond acceptors (Lipinski definition) is 3. The van der Waals surface area contributed by atoms with Crippen LogP contribution in [0.2, 0.25) is 0 Å². The van der Waals surface area contributed by atoms with E-state index >= 15 is 0 Å². The van der Waals surface area contributed by atoms with E-state index in [9.17, 15) is 9.59 Å². The van der Waals surface area contributed by atoms with E-state index < -0.39 is 5.60 Å². The molecule has 0 bridgehead atoms. The quantitative estimate of drug-likeness (QED) is 0.646. The Morgan fingerprint density at radius 1 is 1.07 bits per heavy atom. The molecular weight excluding hydrogens is 352 g/mol. The molecule has 1 fully saturated rings. The van der Waals surface area contributed by atoms with Crippen LogP contribution in [-0.4, -0.2) is 34.4 Å². The monoisotopic (exact) mass is 374 g/mol. The molecule has 1 amide bonds. The summed E-state index contributed by atoms with van der Waals surface area (Å²) < 4.78 is 7.85. The van der Waals surface area contributed by atoms with Crippen LogP contribution in [0.1, 0.15) is 34.3 Å². The molecule has 0 radical (unpaired) electrons. The summed E-state index contributed by atoms with van der Waals surface area (Å²) in [5.41, 5.74) is 3.27. The maximum atomic E-state index is 12.9. The molecule has 2 aliphatic rings. The zero-order valence-electron chi connectivity index (χ0n) is 15.9. The minimum absolute atomic E-state index is 0.129. The first kappa shape index (κ1) is 17.0. The minimum atomic E-state index is -0.566. The Labute approximate surface area is 163 Å². The smallest absolute Gasteiger partial charge is 0.339 e. The number of piperidine rings is 1. The summed E-state index contributed by atoms with van der Waals surface area (Å²) in [6.45, 7) is 1.20. The van der Waals surface area contributed by atoms with E-state index in [1.807, 2.05) is 54.5 Å². The van der Waals surface area contributed by atoms with Crippen LogP contribution in [0.25, 0.3) is 10.9 Å². The van der Waals surface area contributed by atoms with Crippen LogP contribution in [0.5, 0.6) is 0 Å². The number of nitrogens with zero attached hydrogens (tertiary/aromatic N) is 2. The summed E-state index contributed by atoms with van der Waals surface area (Å²) >= 11 is 0. The van der Waals surface area contributed by atoms with Crippen molar-refractivity contribution in [3.8, 4) is 0 Å². The highest BCUT2D eigenvalue weighted by Crippen LogP contribution is 2.44. The zero-order valence-corrected chi connectivity index (χ0v) is 15.9. The van der Waals surface area contributed by atoms with Crippen LogP contribution in [-0.2, 0) is 28.6 Å². The van der Waals surface area contributed by atoms with Crippen LogP contribution < -0.4 is 0 Å². The number of esters is 1. The van der Waals surface area contributed by atoms with Crippen molar-refractivity contribution in [3.05, 3.63) is 71.4 Å². The lowest BCUT2D eigenvalue weighted by Gasteiger charge is -2.38. The molecule has 2 aromatic carbocycles. The number of fused-ring (bicyclic) bond motifs is 3. The molecule has 0 N–H and O–H groups in total. The van der Waals surface area contributed by atoms with Crippen LogP contribution in [0.3, 0.4) is 0 Å². The standard InChI is InChI=1S/C23H22N2O3/c1-24-15-16(17-6-3-5-9-20(17)24)14-21(26)25-12-10-23(11-13-25)19-8-4-2-7-18(19)22(27)28-23/h2-9,15H,10-14H2,1H3. The van der Waals surface area contributed by atoms with Crippen molar-refractivity contribution < 1.29 is 14.3 Å². The molecule has 142 valence electrons. The van der Waals surface area contributed by atoms with Gasteiger partial charge in [0.2, 0.25) is 5.91 Å². The van der Waals surface area contributed by atoms with Gasteiger partial charge >= 0.3 is 5.97 Å². The number of likely N-dealkylation sites (tertiary alicyclic amines) is 1. The molecule has 5 nitrogen and oxygen atoms in total. The molecule has 0 atom stereocenters. The lowest BCUT2D eigenvalue weighted by molar-refractivity contribution is -0.134. The summed E-state index contributed by atoms with van der Waals surface area (Å²) in [6.07, 6.45) is 3.74. The fourth-order valence-electron chi connectivity index (χ4n) is 4.68. The average molecular weight is 374 g/mol. The Kier molecular flexibility index (Phi) is 3.79. The first-order valence-corrected chi connectivity index (χ1v) is 9.71. The number of carbonyl (C=O) groups excluding carboxylic acids is 2. The second kappa shape index (κ2) is 6.23. The number of aromatic nitrogens is 1. The van der Waals surface area contributed by atoms with E-state index in [2.05, 4.69) is 16.7 Å². The molecule has 1 saturated heterocycles. The van der Waals surface area contributed by atoms with Gasteiger partial charge in [0.15, 0.2) is 0 Å². The Bertz CT molecular complexity index is 1090. The van der Waals surface area contributed by atoms with E-state index in [4.69, 9.17) is 4.74 Å². The zero-order chi connectivity index (χ0) is 19.3. The molecule has 3 heterocycles. The molecule has 0 unspecified atom stereocenters. The van der Waals surface area contributed by atoms with Gasteiger partial charge in [-0.2, -0.15) is 0 Å². The molecule has 28 heavy (non-hydrogen) atoms. The highest BCUT2D eigenvalue weighted by atomic mass is 16.6. The topological polar surface area (TPSA) is 51.5 Å². The first-order chi connectivity index (χ1) is 13.6. The molecule has 5 heteroatoms. The third kappa shape index (κ3) is 2.53. The number of aryl methyl sites for hydroxylation is 1. The highest BCUT2D eigenvalue weighted by molar-refractivity contribution is 5.95. The summed E-state index contributed by atoms with van der Waals surface area (Å²) in [5.74, 6) is -0.116. The summed E-state index contributed by atoms with van der Waals surface area (Å²) in [6, 6.07) is 15.8. The van der Waals surface area contributed by atoms with Gasteiger partial charge in [-0.3, -0.25) is 4.79 Å². The van der Waals surface area contributed by atoms with Crippen molar-refractivity contribution >= 4 is 22.8 Å². The molecule has 1 aromatic heterocycles. The van der Waals surface area contributed by atoms with Gasteiger partial charge in [-0.1, -0.05) is 36.4 Å². The van der Waals surface area contributed by atoms with Crippen molar-refractivity contribution in [1.82, 2.24) is 9.47 Å². The maximum absolute atomic E-state index is 12.9. The predicted octanol–water partition coefficient (Wildman–Crippen LogP) is 3.41. The van der Waals surface area contributed by atoms with Crippen molar-refractivity contribution in [2.75, 3.05) is 13.1 Å². The SMILES string of the molecule is Cn1cc(CC(=O)N2CCC3(CC2)OC(=O)c2ccccc23)c2ccccc21. The van der Waals surface area contributed by atoms with E-state index in [-0.39, 0.29) is 11.9 Å². The van der Waals surface area contributed by atoms with Crippen molar-refractivity contribution in [3.63, 3.8) is 0 Å². The number of carbonyl (C=O) groups is 2. The van der Waals surface area contributed by atoms with E-state index in [0.717, 1.165) is 22.0 Å². The van der Waals surface area contributed by atoms with Crippen molar-refractivity contribution in [2.45, 2.75) is 24.9 Å². The van der Waals surface area contributed by atoms with Gasteiger partial charge in [-0.05, 0) is 17.7 Å². The Morgan fingerprint density at radius 2 is 1.79 bits per heavy atom. The normalized spacial score (nSPS) is 17.8. The molecule has 0 aliphatic carbocycles.